The van der Waals surface area contributed by atoms with E-state index in [1.807, 2.05) is 5.32 Å². The zero-order valence-corrected chi connectivity index (χ0v) is 11.9. The molecule has 1 radical (unpaired) electrons. The van der Waals surface area contributed by atoms with Crippen molar-refractivity contribution in [1.82, 2.24) is 20.6 Å². The first kappa shape index (κ1) is 15.6. The highest BCUT2D eigenvalue weighted by molar-refractivity contribution is 6.45. The standard InChI is InChI=1S/C10H7Cl3F2N5/c11-6-5(4-16)19-10(14,15)20-9(6,7(12)13)8-17-2-1-3-18-8/h1-3,6-7,19-20H. The van der Waals surface area contributed by atoms with Gasteiger partial charge in [-0.1, -0.05) is 0 Å². The van der Waals surface area contributed by atoms with Gasteiger partial charge >= 0.3 is 6.17 Å². The average molecular weight is 342 g/mol. The number of aromatic nitrogens is 2. The second kappa shape index (κ2) is 5.54. The fraction of sp³-hybridized carbons (Fsp3) is 0.400. The first-order chi connectivity index (χ1) is 9.33. The van der Waals surface area contributed by atoms with Crippen molar-refractivity contribution >= 4 is 34.8 Å². The summed E-state index contributed by atoms with van der Waals surface area (Å²) in [6.45, 7) is 0. The van der Waals surface area contributed by atoms with Crippen LogP contribution in [0.15, 0.2) is 18.5 Å². The highest BCUT2D eigenvalue weighted by atomic mass is 35.5. The summed E-state index contributed by atoms with van der Waals surface area (Å²) in [6.07, 6.45) is -0.979. The topological polar surface area (TPSA) is 73.6 Å². The number of hydrogen-bond acceptors (Lipinski definition) is 5. The summed E-state index contributed by atoms with van der Waals surface area (Å²) >= 11 is 17.8. The van der Waals surface area contributed by atoms with Crippen LogP contribution in [0.5, 0.6) is 0 Å². The molecule has 0 amide bonds. The predicted molar refractivity (Wildman–Crippen MR) is 68.9 cm³/mol. The minimum Gasteiger partial charge on any atom is -0.239 e. The van der Waals surface area contributed by atoms with E-state index in [-0.39, 0.29) is 5.82 Å². The molecule has 2 atom stereocenters. The van der Waals surface area contributed by atoms with Crippen LogP contribution < -0.4 is 10.6 Å². The van der Waals surface area contributed by atoms with Gasteiger partial charge in [0, 0.05) is 12.4 Å². The minimum absolute atomic E-state index is 0.135. The van der Waals surface area contributed by atoms with Crippen LogP contribution >= 0.6 is 34.8 Å². The van der Waals surface area contributed by atoms with Gasteiger partial charge in [-0.2, -0.15) is 14.0 Å². The van der Waals surface area contributed by atoms with Gasteiger partial charge in [0.25, 0.3) is 0 Å². The van der Waals surface area contributed by atoms with Crippen molar-refractivity contribution in [3.8, 4) is 6.07 Å². The van der Waals surface area contributed by atoms with Gasteiger partial charge in [-0.3, -0.25) is 0 Å². The molecule has 1 aromatic rings. The van der Waals surface area contributed by atoms with E-state index in [2.05, 4.69) is 9.97 Å². The Labute approximate surface area is 128 Å². The summed E-state index contributed by atoms with van der Waals surface area (Å²) in [5.74, 6) is -0.135. The van der Waals surface area contributed by atoms with Crippen LogP contribution in [0.25, 0.3) is 0 Å². The van der Waals surface area contributed by atoms with E-state index >= 15 is 0 Å². The van der Waals surface area contributed by atoms with Gasteiger partial charge in [-0.25, -0.2) is 20.6 Å². The molecule has 1 aliphatic rings. The van der Waals surface area contributed by atoms with Gasteiger partial charge in [0.05, 0.1) is 11.4 Å². The highest BCUT2D eigenvalue weighted by Crippen LogP contribution is 2.43. The summed E-state index contributed by atoms with van der Waals surface area (Å²) in [5.41, 5.74) is -1.91. The van der Waals surface area contributed by atoms with Gasteiger partial charge in [0.2, 0.25) is 0 Å². The second-order valence-electron chi connectivity index (χ2n) is 3.95. The molecule has 20 heavy (non-hydrogen) atoms. The molecule has 1 fully saturated rings. The number of nitrogens with zero attached hydrogens (tertiary/aromatic N) is 3. The molecule has 0 aromatic carbocycles. The van der Waals surface area contributed by atoms with Crippen LogP contribution in [0.1, 0.15) is 5.82 Å². The predicted octanol–water partition coefficient (Wildman–Crippen LogP) is 1.88. The van der Waals surface area contributed by atoms with Crippen molar-refractivity contribution < 1.29 is 8.78 Å². The normalized spacial score (nSPS) is 30.1. The molecule has 2 N–H and O–H groups in total. The van der Waals surface area contributed by atoms with Crippen LogP contribution in [-0.2, 0) is 5.54 Å². The Morgan fingerprint density at radius 2 is 1.95 bits per heavy atom. The average Bonchev–Trinajstić information content (AvgIpc) is 2.41. The molecule has 0 spiro atoms. The lowest BCUT2D eigenvalue weighted by Gasteiger charge is -2.46. The Kier molecular flexibility index (Phi) is 4.33. The smallest absolute Gasteiger partial charge is 0.239 e. The molecule has 1 aliphatic heterocycles. The summed E-state index contributed by atoms with van der Waals surface area (Å²) in [4.78, 5) is 6.31. The van der Waals surface area contributed by atoms with Crippen molar-refractivity contribution in [2.45, 2.75) is 21.9 Å². The zero-order valence-electron chi connectivity index (χ0n) is 9.62. The molecule has 0 bridgehead atoms. The molecule has 2 unspecified atom stereocenters. The number of alkyl halides is 5. The fourth-order valence-corrected chi connectivity index (χ4v) is 2.91. The van der Waals surface area contributed by atoms with E-state index < -0.39 is 28.0 Å². The molecular weight excluding hydrogens is 334 g/mol. The quantitative estimate of drug-likeness (QED) is 0.635. The van der Waals surface area contributed by atoms with Gasteiger partial charge in [-0.15, -0.1) is 34.8 Å². The van der Waals surface area contributed by atoms with E-state index in [1.165, 1.54) is 18.5 Å². The maximum atomic E-state index is 13.7. The van der Waals surface area contributed by atoms with E-state index in [1.54, 1.807) is 11.4 Å². The van der Waals surface area contributed by atoms with Gasteiger partial charge in [0.15, 0.2) is 11.9 Å². The van der Waals surface area contributed by atoms with Gasteiger partial charge < -0.3 is 0 Å². The van der Waals surface area contributed by atoms with E-state index in [4.69, 9.17) is 40.1 Å². The van der Waals surface area contributed by atoms with Crippen molar-refractivity contribution in [3.05, 3.63) is 30.3 Å². The number of hydrogen-bond donors (Lipinski definition) is 2. The lowest BCUT2D eigenvalue weighted by molar-refractivity contribution is -0.109. The maximum absolute atomic E-state index is 13.7. The summed E-state index contributed by atoms with van der Waals surface area (Å²) < 4.78 is 27.5. The highest BCUT2D eigenvalue weighted by Gasteiger charge is 2.61. The third-order valence-corrected chi connectivity index (χ3v) is 3.96. The molecule has 1 aromatic heterocycles. The molecule has 2 heterocycles. The first-order valence-electron chi connectivity index (χ1n) is 5.25. The second-order valence-corrected chi connectivity index (χ2v) is 5.49. The summed E-state index contributed by atoms with van der Waals surface area (Å²) in [6, 6.07) is 2.58. The monoisotopic (exact) mass is 340 g/mol. The Balaban J connectivity index is 2.58. The molecule has 0 aliphatic carbocycles. The molecule has 2 rings (SSSR count). The molecule has 1 saturated heterocycles. The van der Waals surface area contributed by atoms with Crippen LogP contribution in [0, 0.1) is 17.4 Å². The Morgan fingerprint density at radius 3 is 2.45 bits per heavy atom. The van der Waals surface area contributed by atoms with E-state index in [0.29, 0.717) is 0 Å². The SMILES string of the molecule is N#C[C]1NC(F)(F)NC(c2ncccn2)(C(Cl)Cl)C1Cl. The van der Waals surface area contributed by atoms with Gasteiger partial charge in [0.1, 0.15) is 10.4 Å². The Morgan fingerprint density at radius 1 is 1.35 bits per heavy atom. The number of nitrogens with one attached hydrogen (secondary N) is 2. The third kappa shape index (κ3) is 2.54. The number of rotatable bonds is 2. The van der Waals surface area contributed by atoms with Crippen LogP contribution in [0.2, 0.25) is 0 Å². The molecule has 10 heteroatoms. The number of nitriles is 1. The molecule has 107 valence electrons. The maximum Gasteiger partial charge on any atom is 0.366 e. The van der Waals surface area contributed by atoms with Crippen LogP contribution in [0.3, 0.4) is 0 Å². The summed E-state index contributed by atoms with van der Waals surface area (Å²) in [5, 5.41) is 11.2. The minimum atomic E-state index is -3.64. The Bertz CT molecular complexity index is 523. The van der Waals surface area contributed by atoms with Gasteiger partial charge in [-0.05, 0) is 6.07 Å². The third-order valence-electron chi connectivity index (χ3n) is 2.71. The number of halogens is 5. The van der Waals surface area contributed by atoms with Crippen molar-refractivity contribution in [3.63, 3.8) is 0 Å². The van der Waals surface area contributed by atoms with E-state index in [9.17, 15) is 8.78 Å². The van der Waals surface area contributed by atoms with Crippen LogP contribution in [0.4, 0.5) is 8.78 Å². The van der Waals surface area contributed by atoms with Crippen LogP contribution in [-0.4, -0.2) is 26.4 Å². The molecular formula is C10H7Cl3F2N5. The first-order valence-corrected chi connectivity index (χ1v) is 6.56. The Hall–Kier alpha value is -0.780. The van der Waals surface area contributed by atoms with E-state index in [0.717, 1.165) is 0 Å². The van der Waals surface area contributed by atoms with Crippen molar-refractivity contribution in [2.24, 2.45) is 0 Å². The largest absolute Gasteiger partial charge is 0.366 e. The zero-order chi connectivity index (χ0) is 15.0. The van der Waals surface area contributed by atoms with Crippen molar-refractivity contribution in [1.29, 1.82) is 5.26 Å². The summed E-state index contributed by atoms with van der Waals surface area (Å²) in [7, 11) is 0. The lowest BCUT2D eigenvalue weighted by Crippen LogP contribution is -2.72. The van der Waals surface area contributed by atoms with Crippen molar-refractivity contribution in [2.75, 3.05) is 0 Å². The molecule has 5 nitrogen and oxygen atoms in total. The fourth-order valence-electron chi connectivity index (χ4n) is 1.84. The lowest BCUT2D eigenvalue weighted by atomic mass is 9.89. The molecule has 0 saturated carbocycles.